The highest BCUT2D eigenvalue weighted by molar-refractivity contribution is 5.81. The van der Waals surface area contributed by atoms with Gasteiger partial charge in [0.15, 0.2) is 0 Å². The van der Waals surface area contributed by atoms with Gasteiger partial charge >= 0.3 is 18.2 Å². The maximum Gasteiger partial charge on any atom is 0.407 e. The Labute approximate surface area is 212 Å². The molecule has 0 spiro atoms. The summed E-state index contributed by atoms with van der Waals surface area (Å²) in [7, 11) is 0. The minimum absolute atomic E-state index is 0.0114. The van der Waals surface area contributed by atoms with Gasteiger partial charge in [-0.15, -0.1) is 0 Å². The average molecular weight is 478 g/mol. The first-order valence-corrected chi connectivity index (χ1v) is 10.7. The van der Waals surface area contributed by atoms with E-state index in [-0.39, 0.29) is 38.3 Å². The fraction of sp³-hybridized carbons (Fsp3) is 0.423. The van der Waals surface area contributed by atoms with Crippen LogP contribution in [0.3, 0.4) is 0 Å². The van der Waals surface area contributed by atoms with E-state index < -0.39 is 50.4 Å². The van der Waals surface area contributed by atoms with Gasteiger partial charge in [-0.25, -0.2) is 14.4 Å². The van der Waals surface area contributed by atoms with Gasteiger partial charge in [0.2, 0.25) is 0 Å². The molecule has 2 aromatic rings. The Morgan fingerprint density at radius 2 is 1.62 bits per heavy atom. The number of carboxylic acids is 1. The van der Waals surface area contributed by atoms with Crippen molar-refractivity contribution in [2.45, 2.75) is 57.4 Å². The molecule has 1 atom stereocenters. The van der Waals surface area contributed by atoms with Crippen molar-refractivity contribution in [1.29, 1.82) is 0 Å². The number of benzene rings is 2. The van der Waals surface area contributed by atoms with Gasteiger partial charge in [0.1, 0.15) is 18.2 Å². The molecule has 0 radical (unpaired) electrons. The average Bonchev–Trinajstić information content (AvgIpc) is 3.21. The van der Waals surface area contributed by atoms with Crippen LogP contribution in [-0.2, 0) is 14.3 Å². The van der Waals surface area contributed by atoms with E-state index in [4.69, 9.17) is 17.1 Å². The van der Waals surface area contributed by atoms with Gasteiger partial charge in [-0.3, -0.25) is 0 Å². The molecule has 0 fully saturated rings. The lowest BCUT2D eigenvalue weighted by atomic mass is 9.98. The summed E-state index contributed by atoms with van der Waals surface area (Å²) in [6, 6.07) is 14.1. The molecule has 1 aliphatic rings. The van der Waals surface area contributed by atoms with Crippen LogP contribution in [0.1, 0.15) is 69.2 Å². The van der Waals surface area contributed by atoms with Crippen LogP contribution in [0.5, 0.6) is 0 Å². The molecule has 0 aromatic heterocycles. The van der Waals surface area contributed by atoms with Crippen LogP contribution in [-0.4, -0.2) is 48.1 Å². The summed E-state index contributed by atoms with van der Waals surface area (Å²) in [5, 5.41) is 13.9. The highest BCUT2D eigenvalue weighted by Crippen LogP contribution is 2.44. The number of aliphatic carboxylic acids is 1. The molecule has 34 heavy (non-hydrogen) atoms. The normalized spacial score (nSPS) is 18.4. The van der Waals surface area contributed by atoms with E-state index >= 15 is 0 Å². The maximum atomic E-state index is 12.5. The standard InChI is InChI=1S/C26H32N2O6/c1-26(2,3)34-24(31)27-15-9-8-14-22(23(29)30)28-25(32)33-16-21-19-12-6-4-10-17(19)18-11-5-7-13-20(18)21/h4-7,10-13,21-22H,8-9,14-16H2,1-3H3,(H,27,31)(H,28,32)(H,29,30)/t22-/m0/s1/i1D3,2D3,3D3. The lowest BCUT2D eigenvalue weighted by molar-refractivity contribution is -0.139. The monoisotopic (exact) mass is 477 g/mol. The van der Waals surface area contributed by atoms with Gasteiger partial charge < -0.3 is 25.2 Å². The van der Waals surface area contributed by atoms with Gasteiger partial charge in [-0.2, -0.15) is 0 Å². The van der Waals surface area contributed by atoms with E-state index in [2.05, 4.69) is 15.4 Å². The third kappa shape index (κ3) is 6.73. The number of carboxylic acid groups (broad SMARTS) is 1. The SMILES string of the molecule is [2H]C([2H])([2H])C(OC(=O)NCCCC[C@H](NC(=O)OCC1c2ccccc2-c2ccccc21)C(=O)O)(C([2H])([2H])[2H])C([2H])([2H])[2H]. The molecule has 0 unspecified atom stereocenters. The first-order valence-electron chi connectivity index (χ1n) is 15.2. The zero-order valence-electron chi connectivity index (χ0n) is 27.3. The van der Waals surface area contributed by atoms with Crippen LogP contribution < -0.4 is 10.6 Å². The molecule has 0 saturated heterocycles. The van der Waals surface area contributed by atoms with Crippen molar-refractivity contribution in [3.05, 3.63) is 59.7 Å². The Hall–Kier alpha value is -3.55. The second-order valence-electron chi connectivity index (χ2n) is 7.85. The molecular weight excluding hydrogens is 436 g/mol. The first kappa shape index (κ1) is 15.4. The van der Waals surface area contributed by atoms with Crippen molar-refractivity contribution in [2.24, 2.45) is 0 Å². The van der Waals surface area contributed by atoms with E-state index in [1.54, 1.807) is 0 Å². The largest absolute Gasteiger partial charge is 0.480 e. The number of carbonyl (C=O) groups is 3. The fourth-order valence-corrected chi connectivity index (χ4v) is 3.88. The summed E-state index contributed by atoms with van der Waals surface area (Å²) in [5.41, 5.74) is 0.290. The van der Waals surface area contributed by atoms with Gasteiger partial charge in [-0.05, 0) is 62.1 Å². The summed E-state index contributed by atoms with van der Waals surface area (Å²) < 4.78 is 77.2. The minimum atomic E-state index is -3.77. The molecule has 2 amide bonds. The summed E-state index contributed by atoms with van der Waals surface area (Å²) >= 11 is 0. The van der Waals surface area contributed by atoms with Crippen molar-refractivity contribution in [2.75, 3.05) is 13.2 Å². The number of ether oxygens (including phenoxy) is 2. The predicted octanol–water partition coefficient (Wildman–Crippen LogP) is 4.67. The fourth-order valence-electron chi connectivity index (χ4n) is 3.88. The van der Waals surface area contributed by atoms with Gasteiger partial charge in [0.05, 0.1) is 0 Å². The maximum absolute atomic E-state index is 12.5. The second-order valence-corrected chi connectivity index (χ2v) is 7.85. The number of hydrogen-bond donors (Lipinski definition) is 3. The van der Waals surface area contributed by atoms with E-state index in [9.17, 15) is 19.5 Å². The number of nitrogens with one attached hydrogen (secondary N) is 2. The Morgan fingerprint density at radius 1 is 1.00 bits per heavy atom. The Bertz CT molecular complexity index is 1250. The quantitative estimate of drug-likeness (QED) is 0.452. The number of amides is 2. The first-order chi connectivity index (χ1) is 19.9. The summed E-state index contributed by atoms with van der Waals surface area (Å²) in [5.74, 6) is -1.54. The van der Waals surface area contributed by atoms with Crippen LogP contribution in [0, 0.1) is 0 Å². The van der Waals surface area contributed by atoms with E-state index in [1.807, 2.05) is 48.5 Å². The van der Waals surface area contributed by atoms with E-state index in [0.29, 0.717) is 0 Å². The number of unbranched alkanes of at least 4 members (excludes halogenated alkanes) is 1. The molecule has 182 valence electrons. The lowest BCUT2D eigenvalue weighted by Gasteiger charge is -2.20. The van der Waals surface area contributed by atoms with E-state index in [1.165, 1.54) is 0 Å². The summed E-state index contributed by atoms with van der Waals surface area (Å²) in [6.45, 7) is -11.4. The van der Waals surface area contributed by atoms with Crippen molar-refractivity contribution in [3.63, 3.8) is 0 Å². The second kappa shape index (κ2) is 11.0. The highest BCUT2D eigenvalue weighted by atomic mass is 16.6. The third-order valence-electron chi connectivity index (χ3n) is 5.37. The van der Waals surface area contributed by atoms with Crippen molar-refractivity contribution in [1.82, 2.24) is 10.6 Å². The van der Waals surface area contributed by atoms with Gasteiger partial charge in [-0.1, -0.05) is 48.5 Å². The van der Waals surface area contributed by atoms with Crippen molar-refractivity contribution in [3.8, 4) is 11.1 Å². The number of rotatable bonds is 9. The summed E-state index contributed by atoms with van der Waals surface area (Å²) in [6.07, 6.45) is -2.32. The Kier molecular flexibility index (Phi) is 4.99. The molecule has 3 rings (SSSR count). The van der Waals surface area contributed by atoms with Gasteiger partial charge in [0, 0.05) is 24.8 Å². The van der Waals surface area contributed by atoms with Gasteiger partial charge in [0.25, 0.3) is 0 Å². The number of alkyl carbamates (subject to hydrolysis) is 2. The molecule has 0 heterocycles. The zero-order valence-corrected chi connectivity index (χ0v) is 18.3. The lowest BCUT2D eigenvalue weighted by Crippen LogP contribution is -2.41. The zero-order chi connectivity index (χ0) is 32.2. The van der Waals surface area contributed by atoms with Crippen molar-refractivity contribution >= 4 is 18.2 Å². The molecule has 3 N–H and O–H groups in total. The van der Waals surface area contributed by atoms with Crippen LogP contribution in [0.2, 0.25) is 0 Å². The van der Waals surface area contributed by atoms with Crippen LogP contribution in [0.4, 0.5) is 9.59 Å². The van der Waals surface area contributed by atoms with Crippen LogP contribution in [0.25, 0.3) is 11.1 Å². The Morgan fingerprint density at radius 3 is 2.21 bits per heavy atom. The molecule has 8 nitrogen and oxygen atoms in total. The molecular formula is C26H32N2O6. The molecule has 0 bridgehead atoms. The van der Waals surface area contributed by atoms with Crippen LogP contribution in [0.15, 0.2) is 48.5 Å². The highest BCUT2D eigenvalue weighted by Gasteiger charge is 2.29. The molecule has 1 aliphatic carbocycles. The Balaban J connectivity index is 1.50. The number of fused-ring (bicyclic) bond motifs is 3. The predicted molar refractivity (Wildman–Crippen MR) is 128 cm³/mol. The summed E-state index contributed by atoms with van der Waals surface area (Å²) in [4.78, 5) is 36.4. The van der Waals surface area contributed by atoms with E-state index in [0.717, 1.165) is 22.3 Å². The number of hydrogen-bond acceptors (Lipinski definition) is 5. The molecule has 2 aromatic carbocycles. The topological polar surface area (TPSA) is 114 Å². The minimum Gasteiger partial charge on any atom is -0.480 e. The third-order valence-corrected chi connectivity index (χ3v) is 5.37. The molecule has 8 heteroatoms. The molecule has 0 aliphatic heterocycles. The van der Waals surface area contributed by atoms with Crippen molar-refractivity contribution < 1.29 is 41.3 Å². The van der Waals surface area contributed by atoms with Crippen LogP contribution >= 0.6 is 0 Å². The number of carbonyl (C=O) groups excluding carboxylic acids is 2. The molecule has 0 saturated carbocycles. The smallest absolute Gasteiger partial charge is 0.407 e.